The van der Waals surface area contributed by atoms with Gasteiger partial charge in [0.1, 0.15) is 54.4 Å². The number of benzene rings is 1. The molecule has 1 aromatic carbocycles. The Hall–Kier alpha value is -6.24. The Labute approximate surface area is 461 Å². The molecule has 3 unspecified atom stereocenters. The van der Waals surface area contributed by atoms with Crippen LogP contribution in [0.2, 0.25) is 0 Å². The van der Waals surface area contributed by atoms with Gasteiger partial charge in [0.15, 0.2) is 0 Å². The van der Waals surface area contributed by atoms with Crippen molar-refractivity contribution in [3.63, 3.8) is 0 Å². The number of amides is 10. The SMILES string of the molecule is CCCCCCC(=O)N[C@@H](CCN)C(=O)N[C@@H](CCC)C(=O)N[C@@H](CCN)C(=O)N[C@H](Cc1ccccc1)C(=O)N[C@@H](CC(C)C)C(=O)NC(CCN)C(=O)NC(CC(C)C)C(=O)NC(CC(C)C)C(=O)N[C@@H](CO)C(N)=O. The van der Waals surface area contributed by atoms with Crippen LogP contribution in [0.25, 0.3) is 0 Å². The Bertz CT molecular complexity index is 2040. The Morgan fingerprint density at radius 1 is 0.423 bits per heavy atom. The van der Waals surface area contributed by atoms with Gasteiger partial charge in [-0.2, -0.15) is 0 Å². The lowest BCUT2D eigenvalue weighted by Crippen LogP contribution is -2.61. The summed E-state index contributed by atoms with van der Waals surface area (Å²) < 4.78 is 0. The van der Waals surface area contributed by atoms with Crippen LogP contribution in [0.1, 0.15) is 144 Å². The summed E-state index contributed by atoms with van der Waals surface area (Å²) in [5.74, 6) is -7.63. The fraction of sp³-hybridized carbons (Fsp3) is 0.704. The molecule has 0 saturated carbocycles. The van der Waals surface area contributed by atoms with Gasteiger partial charge in [0, 0.05) is 12.8 Å². The molecule has 0 aliphatic heterocycles. The molecular weight excluding hydrogens is 1010 g/mol. The highest BCUT2D eigenvalue weighted by Crippen LogP contribution is 2.13. The summed E-state index contributed by atoms with van der Waals surface area (Å²) in [6.45, 7) is 13.9. The van der Waals surface area contributed by atoms with Crippen molar-refractivity contribution in [1.82, 2.24) is 47.9 Å². The minimum atomic E-state index is -1.40. The zero-order valence-corrected chi connectivity index (χ0v) is 47.4. The number of unbranched alkanes of at least 4 members (excludes halogenated alkanes) is 3. The second-order valence-electron chi connectivity index (χ2n) is 21.1. The van der Waals surface area contributed by atoms with Gasteiger partial charge in [-0.05, 0) is 94.3 Å². The van der Waals surface area contributed by atoms with Crippen molar-refractivity contribution in [2.45, 2.75) is 200 Å². The summed E-state index contributed by atoms with van der Waals surface area (Å²) in [6, 6.07) is -2.32. The normalized spacial score (nSPS) is 14.8. The molecule has 18 N–H and O–H groups in total. The molecule has 1 aromatic rings. The first-order chi connectivity index (χ1) is 36.9. The van der Waals surface area contributed by atoms with Crippen molar-refractivity contribution < 1.29 is 53.1 Å². The number of rotatable bonds is 40. The molecule has 24 heteroatoms. The zero-order chi connectivity index (χ0) is 58.9. The molecule has 10 amide bonds. The van der Waals surface area contributed by atoms with Gasteiger partial charge >= 0.3 is 0 Å². The van der Waals surface area contributed by atoms with Gasteiger partial charge in [-0.25, -0.2) is 0 Å². The maximum Gasteiger partial charge on any atom is 0.243 e. The Morgan fingerprint density at radius 3 is 1.10 bits per heavy atom. The van der Waals surface area contributed by atoms with Crippen LogP contribution in [-0.2, 0) is 54.4 Å². The third kappa shape index (κ3) is 27.4. The molecule has 0 heterocycles. The van der Waals surface area contributed by atoms with E-state index >= 15 is 0 Å². The van der Waals surface area contributed by atoms with Crippen LogP contribution in [0.3, 0.4) is 0 Å². The number of hydrogen-bond donors (Lipinski definition) is 14. The second-order valence-corrected chi connectivity index (χ2v) is 21.1. The molecule has 0 saturated heterocycles. The predicted molar refractivity (Wildman–Crippen MR) is 297 cm³/mol. The highest BCUT2D eigenvalue weighted by molar-refractivity contribution is 5.98. The van der Waals surface area contributed by atoms with Gasteiger partial charge in [-0.1, -0.05) is 111 Å². The van der Waals surface area contributed by atoms with E-state index < -0.39 is 114 Å². The van der Waals surface area contributed by atoms with E-state index in [1.165, 1.54) is 0 Å². The molecule has 1 rings (SSSR count). The van der Waals surface area contributed by atoms with Crippen molar-refractivity contribution in [3.05, 3.63) is 35.9 Å². The average Bonchev–Trinajstić information content (AvgIpc) is 3.37. The van der Waals surface area contributed by atoms with Crippen molar-refractivity contribution in [2.24, 2.45) is 40.7 Å². The lowest BCUT2D eigenvalue weighted by Gasteiger charge is -2.29. The minimum Gasteiger partial charge on any atom is -0.394 e. The van der Waals surface area contributed by atoms with E-state index in [9.17, 15) is 53.1 Å². The van der Waals surface area contributed by atoms with E-state index in [1.807, 2.05) is 48.5 Å². The molecule has 0 aliphatic carbocycles. The van der Waals surface area contributed by atoms with Gasteiger partial charge in [0.05, 0.1) is 6.61 Å². The molecule has 0 radical (unpaired) electrons. The molecule has 78 heavy (non-hydrogen) atoms. The Kier molecular flexibility index (Phi) is 34.3. The first-order valence-electron chi connectivity index (χ1n) is 27.7. The minimum absolute atomic E-state index is 0.0521. The van der Waals surface area contributed by atoms with E-state index in [2.05, 4.69) is 54.8 Å². The molecule has 0 spiro atoms. The summed E-state index contributed by atoms with van der Waals surface area (Å²) in [5.41, 5.74) is 23.6. The van der Waals surface area contributed by atoms with Gasteiger partial charge < -0.3 is 75.9 Å². The van der Waals surface area contributed by atoms with Crippen LogP contribution in [0.5, 0.6) is 0 Å². The van der Waals surface area contributed by atoms with E-state index in [-0.39, 0.29) is 101 Å². The van der Waals surface area contributed by atoms with E-state index in [0.717, 1.165) is 19.3 Å². The number of aliphatic hydroxyl groups excluding tert-OH is 1. The maximum atomic E-state index is 14.4. The highest BCUT2D eigenvalue weighted by Gasteiger charge is 2.36. The number of primary amides is 1. The standard InChI is InChI=1S/C54H95N13O11/c1-9-11-12-16-20-45(69)59-37(21-24-55)48(72)60-36(17-10-2)47(71)61-38(22-25-56)50(74)66-43(30-35-18-14-13-15-19-35)54(78)65-40(27-32(3)4)51(75)62-39(23-26-57)49(73)63-41(28-33(5)6)52(76)64-42(29-34(7)8)53(77)67-44(31-68)46(58)70/h13-15,18-19,32-34,36-44,68H,9-12,16-17,20-31,55-57H2,1-8H3,(H2,58,70)(H,59,69)(H,60,72)(H,61,71)(H,62,75)(H,63,73)(H,64,76)(H,65,78)(H,66,74)(H,67,77)/t36-,37-,38-,39?,40-,41?,42?,43+,44-/m0/s1. The molecular formula is C54H95N13O11. The molecule has 442 valence electrons. The number of nitrogens with two attached hydrogens (primary N) is 4. The smallest absolute Gasteiger partial charge is 0.243 e. The first-order valence-corrected chi connectivity index (χ1v) is 27.7. The van der Waals surface area contributed by atoms with E-state index in [0.29, 0.717) is 18.4 Å². The van der Waals surface area contributed by atoms with Crippen LogP contribution in [0, 0.1) is 17.8 Å². The number of nitrogens with one attached hydrogen (secondary N) is 9. The van der Waals surface area contributed by atoms with E-state index in [1.54, 1.807) is 30.3 Å². The van der Waals surface area contributed by atoms with Gasteiger partial charge in [-0.15, -0.1) is 0 Å². The maximum absolute atomic E-state index is 14.4. The lowest BCUT2D eigenvalue weighted by molar-refractivity contribution is -0.136. The second kappa shape index (κ2) is 38.3. The van der Waals surface area contributed by atoms with Crippen LogP contribution in [-0.4, -0.2) is 145 Å². The number of carbonyl (C=O) groups excluding carboxylic acids is 10. The number of hydrogen-bond acceptors (Lipinski definition) is 14. The fourth-order valence-electron chi connectivity index (χ4n) is 8.40. The lowest BCUT2D eigenvalue weighted by atomic mass is 9.99. The first kappa shape index (κ1) is 69.8. The van der Waals surface area contributed by atoms with Crippen LogP contribution >= 0.6 is 0 Å². The van der Waals surface area contributed by atoms with Gasteiger partial charge in [-0.3, -0.25) is 47.9 Å². The molecule has 0 fully saturated rings. The van der Waals surface area contributed by atoms with Gasteiger partial charge in [0.25, 0.3) is 0 Å². The number of carbonyl (C=O) groups is 10. The monoisotopic (exact) mass is 1100 g/mol. The van der Waals surface area contributed by atoms with Crippen LogP contribution < -0.4 is 70.8 Å². The Balaban J connectivity index is 3.46. The van der Waals surface area contributed by atoms with Crippen LogP contribution in [0.15, 0.2) is 30.3 Å². The predicted octanol–water partition coefficient (Wildman–Crippen LogP) is -0.975. The third-order valence-corrected chi connectivity index (χ3v) is 12.5. The topological polar surface area (TPSA) is 403 Å². The fourth-order valence-corrected chi connectivity index (χ4v) is 8.40. The highest BCUT2D eigenvalue weighted by atomic mass is 16.3. The Morgan fingerprint density at radius 2 is 0.756 bits per heavy atom. The van der Waals surface area contributed by atoms with E-state index in [4.69, 9.17) is 22.9 Å². The summed E-state index contributed by atoms with van der Waals surface area (Å²) in [5, 5.41) is 33.6. The van der Waals surface area contributed by atoms with Gasteiger partial charge in [0.2, 0.25) is 59.1 Å². The average molecular weight is 1100 g/mol. The molecule has 0 bridgehead atoms. The largest absolute Gasteiger partial charge is 0.394 e. The van der Waals surface area contributed by atoms with Crippen molar-refractivity contribution in [3.8, 4) is 0 Å². The molecule has 9 atom stereocenters. The molecule has 0 aromatic heterocycles. The zero-order valence-electron chi connectivity index (χ0n) is 47.4. The number of aliphatic hydroxyl groups is 1. The molecule has 0 aliphatic rings. The summed E-state index contributed by atoms with van der Waals surface area (Å²) in [4.78, 5) is 136. The quantitative estimate of drug-likeness (QED) is 0.0352. The summed E-state index contributed by atoms with van der Waals surface area (Å²) in [6.07, 6.45) is 4.63. The summed E-state index contributed by atoms with van der Waals surface area (Å²) in [7, 11) is 0. The van der Waals surface area contributed by atoms with Crippen molar-refractivity contribution >= 4 is 59.1 Å². The van der Waals surface area contributed by atoms with Crippen molar-refractivity contribution in [1.29, 1.82) is 0 Å². The summed E-state index contributed by atoms with van der Waals surface area (Å²) >= 11 is 0. The molecule has 24 nitrogen and oxygen atoms in total. The van der Waals surface area contributed by atoms with Crippen LogP contribution in [0.4, 0.5) is 0 Å². The van der Waals surface area contributed by atoms with Crippen molar-refractivity contribution in [2.75, 3.05) is 26.2 Å². The third-order valence-electron chi connectivity index (χ3n) is 12.5.